The topological polar surface area (TPSA) is 57.6 Å². The lowest BCUT2D eigenvalue weighted by Crippen LogP contribution is -2.38. The number of amides is 1. The largest absolute Gasteiger partial charge is 0.481 e. The van der Waals surface area contributed by atoms with E-state index in [0.29, 0.717) is 19.4 Å². The highest BCUT2D eigenvalue weighted by Crippen LogP contribution is 2.39. The van der Waals surface area contributed by atoms with Gasteiger partial charge in [0.25, 0.3) is 0 Å². The Hall–Kier alpha value is -1.36. The molecule has 1 amide bonds. The molecular weight excluding hydrogens is 286 g/mol. The highest BCUT2D eigenvalue weighted by Gasteiger charge is 2.41. The molecule has 1 saturated carbocycles. The molecule has 21 heavy (non-hydrogen) atoms. The number of aliphatic carboxylic acids is 1. The molecule has 0 bridgehead atoms. The average molecular weight is 309 g/mol. The number of carbonyl (C=O) groups is 2. The van der Waals surface area contributed by atoms with Gasteiger partial charge in [-0.15, -0.1) is 0 Å². The Balaban J connectivity index is 2.02. The molecule has 0 aromatic carbocycles. The zero-order chi connectivity index (χ0) is 15.3. The van der Waals surface area contributed by atoms with Gasteiger partial charge < -0.3 is 10.0 Å². The second kappa shape index (κ2) is 7.07. The zero-order valence-corrected chi connectivity index (χ0v) is 13.3. The summed E-state index contributed by atoms with van der Waals surface area (Å²) in [6.45, 7) is 0.554. The Morgan fingerprint density at radius 2 is 1.95 bits per heavy atom. The highest BCUT2D eigenvalue weighted by atomic mass is 32.1. The van der Waals surface area contributed by atoms with Gasteiger partial charge in [0.05, 0.1) is 5.41 Å². The number of carbonyl (C=O) groups excluding carboxylic acids is 1. The average Bonchev–Trinajstić information content (AvgIpc) is 2.83. The van der Waals surface area contributed by atoms with Crippen molar-refractivity contribution in [1.29, 1.82) is 0 Å². The molecular formula is C16H23NO3S. The van der Waals surface area contributed by atoms with Crippen molar-refractivity contribution < 1.29 is 14.7 Å². The zero-order valence-electron chi connectivity index (χ0n) is 12.5. The highest BCUT2D eigenvalue weighted by molar-refractivity contribution is 7.07. The van der Waals surface area contributed by atoms with Crippen LogP contribution in [0.1, 0.15) is 50.5 Å². The number of carboxylic acids is 1. The summed E-state index contributed by atoms with van der Waals surface area (Å²) in [5, 5.41) is 13.6. The van der Waals surface area contributed by atoms with E-state index < -0.39 is 11.4 Å². The Morgan fingerprint density at radius 3 is 2.48 bits per heavy atom. The molecule has 1 aliphatic rings. The van der Waals surface area contributed by atoms with Gasteiger partial charge in [-0.1, -0.05) is 25.7 Å². The van der Waals surface area contributed by atoms with Crippen LogP contribution in [-0.2, 0) is 16.1 Å². The van der Waals surface area contributed by atoms with Crippen LogP contribution < -0.4 is 0 Å². The number of hydrogen-bond acceptors (Lipinski definition) is 3. The molecule has 2 rings (SSSR count). The summed E-state index contributed by atoms with van der Waals surface area (Å²) < 4.78 is 0. The van der Waals surface area contributed by atoms with Gasteiger partial charge in [-0.2, -0.15) is 11.3 Å². The van der Waals surface area contributed by atoms with E-state index >= 15 is 0 Å². The first-order valence-corrected chi connectivity index (χ1v) is 8.46. The van der Waals surface area contributed by atoms with Crippen LogP contribution in [-0.4, -0.2) is 28.9 Å². The third-order valence-electron chi connectivity index (χ3n) is 4.43. The van der Waals surface area contributed by atoms with Gasteiger partial charge in [0.15, 0.2) is 0 Å². The van der Waals surface area contributed by atoms with E-state index in [1.165, 1.54) is 0 Å². The monoisotopic (exact) mass is 309 g/mol. The van der Waals surface area contributed by atoms with Gasteiger partial charge in [-0.25, -0.2) is 0 Å². The fraction of sp³-hybridized carbons (Fsp3) is 0.625. The van der Waals surface area contributed by atoms with Crippen LogP contribution in [0, 0.1) is 5.41 Å². The molecule has 0 unspecified atom stereocenters. The lowest BCUT2D eigenvalue weighted by atomic mass is 9.77. The molecule has 0 atom stereocenters. The standard InChI is InChI=1S/C16H23NO3S/c1-17(11-13-6-9-21-12-13)14(18)10-16(15(19)20)7-4-2-3-5-8-16/h6,9,12H,2-5,7-8,10-11H2,1H3,(H,19,20). The Morgan fingerprint density at radius 1 is 1.29 bits per heavy atom. The van der Waals surface area contributed by atoms with E-state index in [2.05, 4.69) is 0 Å². The van der Waals surface area contributed by atoms with Crippen molar-refractivity contribution in [1.82, 2.24) is 4.90 Å². The summed E-state index contributed by atoms with van der Waals surface area (Å²) in [6, 6.07) is 1.99. The molecule has 5 heteroatoms. The first-order chi connectivity index (χ1) is 10.0. The predicted octanol–water partition coefficient (Wildman–Crippen LogP) is 3.52. The number of nitrogens with zero attached hydrogens (tertiary/aromatic N) is 1. The predicted molar refractivity (Wildman–Crippen MR) is 83.2 cm³/mol. The van der Waals surface area contributed by atoms with Crippen molar-refractivity contribution in [2.45, 2.75) is 51.5 Å². The minimum atomic E-state index is -0.851. The fourth-order valence-electron chi connectivity index (χ4n) is 3.04. The Labute approximate surface area is 129 Å². The van der Waals surface area contributed by atoms with Crippen molar-refractivity contribution >= 4 is 23.2 Å². The van der Waals surface area contributed by atoms with E-state index in [9.17, 15) is 14.7 Å². The van der Waals surface area contributed by atoms with Crippen LogP contribution in [0.25, 0.3) is 0 Å². The van der Waals surface area contributed by atoms with Crippen LogP contribution >= 0.6 is 11.3 Å². The lowest BCUT2D eigenvalue weighted by molar-refractivity contribution is -0.154. The SMILES string of the molecule is CN(Cc1ccsc1)C(=O)CC1(C(=O)O)CCCCCC1. The van der Waals surface area contributed by atoms with Gasteiger partial charge >= 0.3 is 5.97 Å². The molecule has 1 aromatic heterocycles. The molecule has 4 nitrogen and oxygen atoms in total. The summed E-state index contributed by atoms with van der Waals surface area (Å²) in [6.07, 6.45) is 5.35. The Bertz CT molecular complexity index is 476. The summed E-state index contributed by atoms with van der Waals surface area (Å²) in [4.78, 5) is 25.8. The molecule has 0 spiro atoms. The molecule has 1 heterocycles. The minimum absolute atomic E-state index is 0.0644. The first kappa shape index (κ1) is 16.0. The molecule has 1 aliphatic carbocycles. The second-order valence-electron chi connectivity index (χ2n) is 6.06. The number of hydrogen-bond donors (Lipinski definition) is 1. The van der Waals surface area contributed by atoms with E-state index in [-0.39, 0.29) is 12.3 Å². The van der Waals surface area contributed by atoms with Crippen LogP contribution in [0.2, 0.25) is 0 Å². The molecule has 116 valence electrons. The second-order valence-corrected chi connectivity index (χ2v) is 6.84. The van der Waals surface area contributed by atoms with Crippen molar-refractivity contribution in [2.24, 2.45) is 5.41 Å². The van der Waals surface area contributed by atoms with Crippen LogP contribution in [0.15, 0.2) is 16.8 Å². The van der Waals surface area contributed by atoms with Gasteiger partial charge in [0.1, 0.15) is 0 Å². The Kier molecular flexibility index (Phi) is 5.39. The van der Waals surface area contributed by atoms with E-state index in [0.717, 1.165) is 31.2 Å². The third-order valence-corrected chi connectivity index (χ3v) is 5.16. The summed E-state index contributed by atoms with van der Waals surface area (Å²) in [5.41, 5.74) is 0.248. The van der Waals surface area contributed by atoms with Gasteiger partial charge in [0.2, 0.25) is 5.91 Å². The van der Waals surface area contributed by atoms with Crippen molar-refractivity contribution in [3.05, 3.63) is 22.4 Å². The van der Waals surface area contributed by atoms with Crippen LogP contribution in [0.4, 0.5) is 0 Å². The van der Waals surface area contributed by atoms with Gasteiger partial charge in [-0.05, 0) is 35.2 Å². The number of rotatable bonds is 5. The maximum Gasteiger partial charge on any atom is 0.310 e. The van der Waals surface area contributed by atoms with E-state index in [4.69, 9.17) is 0 Å². The number of carboxylic acid groups (broad SMARTS) is 1. The normalized spacial score (nSPS) is 18.0. The van der Waals surface area contributed by atoms with Crippen LogP contribution in [0.3, 0.4) is 0 Å². The smallest absolute Gasteiger partial charge is 0.310 e. The molecule has 1 fully saturated rings. The molecule has 1 aromatic rings. The number of thiophene rings is 1. The molecule has 0 saturated heterocycles. The lowest BCUT2D eigenvalue weighted by Gasteiger charge is -2.29. The summed E-state index contributed by atoms with van der Waals surface area (Å²) in [5.74, 6) is -0.868. The van der Waals surface area contributed by atoms with Crippen molar-refractivity contribution in [3.8, 4) is 0 Å². The molecule has 0 aliphatic heterocycles. The third kappa shape index (κ3) is 4.06. The van der Waals surface area contributed by atoms with Gasteiger partial charge in [-0.3, -0.25) is 9.59 Å². The fourth-order valence-corrected chi connectivity index (χ4v) is 3.70. The van der Waals surface area contributed by atoms with Gasteiger partial charge in [0, 0.05) is 20.0 Å². The quantitative estimate of drug-likeness (QED) is 0.847. The minimum Gasteiger partial charge on any atom is -0.481 e. The maximum atomic E-state index is 12.4. The van der Waals surface area contributed by atoms with E-state index in [1.54, 1.807) is 23.3 Å². The summed E-state index contributed by atoms with van der Waals surface area (Å²) in [7, 11) is 1.76. The molecule has 1 N–H and O–H groups in total. The molecule has 0 radical (unpaired) electrons. The summed E-state index contributed by atoms with van der Waals surface area (Å²) >= 11 is 1.60. The van der Waals surface area contributed by atoms with Crippen molar-refractivity contribution in [2.75, 3.05) is 7.05 Å². The van der Waals surface area contributed by atoms with E-state index in [1.807, 2.05) is 16.8 Å². The maximum absolute atomic E-state index is 12.4. The van der Waals surface area contributed by atoms with Crippen LogP contribution in [0.5, 0.6) is 0 Å². The van der Waals surface area contributed by atoms with Crippen molar-refractivity contribution in [3.63, 3.8) is 0 Å². The first-order valence-electron chi connectivity index (χ1n) is 7.52.